The average molecular weight is 333 g/mol. The molecule has 2 aromatic rings. The van der Waals surface area contributed by atoms with Gasteiger partial charge in [0.05, 0.1) is 0 Å². The maximum Gasteiger partial charge on any atom is 0.276 e. The Labute approximate surface area is 139 Å². The highest BCUT2D eigenvalue weighted by atomic mass is 32.2. The molecule has 0 aliphatic carbocycles. The molecule has 0 atom stereocenters. The second kappa shape index (κ2) is 7.50. The number of rotatable bonds is 7. The van der Waals surface area contributed by atoms with Crippen LogP contribution in [0.3, 0.4) is 0 Å². The minimum absolute atomic E-state index is 0.0603. The van der Waals surface area contributed by atoms with Crippen molar-refractivity contribution in [3.05, 3.63) is 29.7 Å². The maximum atomic E-state index is 11.3. The van der Waals surface area contributed by atoms with Crippen molar-refractivity contribution in [3.63, 3.8) is 0 Å². The second-order valence-electron chi connectivity index (χ2n) is 5.32. The molecule has 0 bridgehead atoms. The van der Waals surface area contributed by atoms with Gasteiger partial charge in [0.15, 0.2) is 6.61 Å². The van der Waals surface area contributed by atoms with Crippen LogP contribution in [-0.2, 0) is 17.8 Å². The summed E-state index contributed by atoms with van der Waals surface area (Å²) in [5.74, 6) is 2.24. The number of nitrogens with zero attached hydrogens (tertiary/aromatic N) is 2. The first-order valence-corrected chi connectivity index (χ1v) is 8.74. The van der Waals surface area contributed by atoms with Crippen molar-refractivity contribution in [1.82, 2.24) is 10.2 Å². The quantitative estimate of drug-likeness (QED) is 0.618. The molecule has 1 N–H and O–H groups in total. The molecule has 1 amide bonds. The summed E-state index contributed by atoms with van der Waals surface area (Å²) in [6, 6.07) is 5.64. The molecule has 23 heavy (non-hydrogen) atoms. The Hall–Kier alpha value is -2.02. The van der Waals surface area contributed by atoms with E-state index >= 15 is 0 Å². The summed E-state index contributed by atoms with van der Waals surface area (Å²) in [5.41, 5.74) is 1.95. The predicted octanol–water partition coefficient (Wildman–Crippen LogP) is 3.43. The number of unbranched alkanes of at least 4 members (excludes halogenated alkanes) is 1. The van der Waals surface area contributed by atoms with Gasteiger partial charge in [0.1, 0.15) is 5.75 Å². The molecule has 1 aliphatic heterocycles. The van der Waals surface area contributed by atoms with Gasteiger partial charge in [-0.1, -0.05) is 25.1 Å². The number of thioether (sulfide) groups is 1. The van der Waals surface area contributed by atoms with Crippen molar-refractivity contribution in [2.24, 2.45) is 0 Å². The SMILES string of the molecule is CCCCSc1nnc(COc2ccc3c(c2)CCC(=O)N3)o1. The molecular formula is C16H19N3O3S. The number of ether oxygens (including phenoxy) is 1. The molecule has 1 aliphatic rings. The fraction of sp³-hybridized carbons (Fsp3) is 0.438. The summed E-state index contributed by atoms with van der Waals surface area (Å²) in [6.07, 6.45) is 3.52. The molecule has 0 unspecified atom stereocenters. The molecule has 6 nitrogen and oxygen atoms in total. The van der Waals surface area contributed by atoms with Crippen LogP contribution in [-0.4, -0.2) is 21.9 Å². The lowest BCUT2D eigenvalue weighted by Crippen LogP contribution is -2.18. The van der Waals surface area contributed by atoms with Gasteiger partial charge >= 0.3 is 0 Å². The van der Waals surface area contributed by atoms with Gasteiger partial charge in [-0.3, -0.25) is 4.79 Å². The molecular weight excluding hydrogens is 314 g/mol. The average Bonchev–Trinajstić information content (AvgIpc) is 3.01. The molecule has 0 radical (unpaired) electrons. The molecule has 3 rings (SSSR count). The summed E-state index contributed by atoms with van der Waals surface area (Å²) in [4.78, 5) is 11.3. The lowest BCUT2D eigenvalue weighted by Gasteiger charge is -2.17. The lowest BCUT2D eigenvalue weighted by molar-refractivity contribution is -0.116. The Bertz CT molecular complexity index is 687. The number of fused-ring (bicyclic) bond motifs is 1. The van der Waals surface area contributed by atoms with Gasteiger partial charge < -0.3 is 14.5 Å². The third kappa shape index (κ3) is 4.25. The van der Waals surface area contributed by atoms with Crippen molar-refractivity contribution >= 4 is 23.4 Å². The molecule has 0 saturated heterocycles. The Balaban J connectivity index is 1.55. The van der Waals surface area contributed by atoms with Crippen molar-refractivity contribution < 1.29 is 13.9 Å². The monoisotopic (exact) mass is 333 g/mol. The van der Waals surface area contributed by atoms with Gasteiger partial charge in [-0.05, 0) is 36.6 Å². The Morgan fingerprint density at radius 1 is 1.35 bits per heavy atom. The zero-order valence-corrected chi connectivity index (χ0v) is 13.8. The summed E-state index contributed by atoms with van der Waals surface area (Å²) in [5, 5.41) is 11.4. The summed E-state index contributed by atoms with van der Waals surface area (Å²) < 4.78 is 11.2. The van der Waals surface area contributed by atoms with E-state index in [4.69, 9.17) is 9.15 Å². The largest absolute Gasteiger partial charge is 0.484 e. The smallest absolute Gasteiger partial charge is 0.276 e. The molecule has 1 aromatic carbocycles. The van der Waals surface area contributed by atoms with Crippen LogP contribution in [0.1, 0.15) is 37.6 Å². The number of amides is 1. The first-order valence-electron chi connectivity index (χ1n) is 7.75. The maximum absolute atomic E-state index is 11.3. The first-order chi connectivity index (χ1) is 11.2. The fourth-order valence-electron chi connectivity index (χ4n) is 2.25. The van der Waals surface area contributed by atoms with Crippen LogP contribution in [0.5, 0.6) is 5.75 Å². The number of aromatic nitrogens is 2. The number of aryl methyl sites for hydroxylation is 1. The van der Waals surface area contributed by atoms with Crippen LogP contribution in [0.15, 0.2) is 27.8 Å². The first kappa shape index (κ1) is 15.9. The van der Waals surface area contributed by atoms with Gasteiger partial charge in [0, 0.05) is 17.9 Å². The van der Waals surface area contributed by atoms with Crippen LogP contribution in [0.4, 0.5) is 5.69 Å². The number of anilines is 1. The highest BCUT2D eigenvalue weighted by molar-refractivity contribution is 7.99. The van der Waals surface area contributed by atoms with E-state index in [1.54, 1.807) is 11.8 Å². The van der Waals surface area contributed by atoms with Gasteiger partial charge in [-0.2, -0.15) is 0 Å². The minimum atomic E-state index is 0.0603. The highest BCUT2D eigenvalue weighted by Gasteiger charge is 2.15. The van der Waals surface area contributed by atoms with Gasteiger partial charge in [-0.25, -0.2) is 0 Å². The zero-order chi connectivity index (χ0) is 16.1. The van der Waals surface area contributed by atoms with Gasteiger partial charge in [-0.15, -0.1) is 10.2 Å². The molecule has 0 saturated carbocycles. The molecule has 0 fully saturated rings. The van der Waals surface area contributed by atoms with Gasteiger partial charge in [0.25, 0.3) is 11.1 Å². The standard InChI is InChI=1S/C16H19N3O3S/c1-2-3-8-23-16-19-18-15(22-16)10-21-12-5-6-13-11(9-12)4-7-14(20)17-13/h5-6,9H,2-4,7-8,10H2,1H3,(H,17,20). The van der Waals surface area contributed by atoms with E-state index in [2.05, 4.69) is 22.4 Å². The molecule has 1 aromatic heterocycles. The van der Waals surface area contributed by atoms with E-state index in [9.17, 15) is 4.79 Å². The zero-order valence-electron chi connectivity index (χ0n) is 13.0. The highest BCUT2D eigenvalue weighted by Crippen LogP contribution is 2.27. The normalized spacial score (nSPS) is 13.5. The fourth-order valence-corrected chi connectivity index (χ4v) is 3.11. The van der Waals surface area contributed by atoms with E-state index in [1.807, 2.05) is 18.2 Å². The predicted molar refractivity (Wildman–Crippen MR) is 87.7 cm³/mol. The topological polar surface area (TPSA) is 77.2 Å². The van der Waals surface area contributed by atoms with E-state index in [-0.39, 0.29) is 12.5 Å². The number of carbonyl (C=O) groups excluding carboxylic acids is 1. The second-order valence-corrected chi connectivity index (χ2v) is 6.37. The van der Waals surface area contributed by atoms with E-state index in [0.29, 0.717) is 17.5 Å². The van der Waals surface area contributed by atoms with E-state index in [1.165, 1.54) is 0 Å². The van der Waals surface area contributed by atoms with Crippen LogP contribution < -0.4 is 10.1 Å². The van der Waals surface area contributed by atoms with Crippen molar-refractivity contribution in [2.45, 2.75) is 44.4 Å². The number of nitrogens with one attached hydrogen (secondary N) is 1. The molecule has 122 valence electrons. The molecule has 7 heteroatoms. The van der Waals surface area contributed by atoms with E-state index in [0.717, 1.165) is 42.0 Å². The van der Waals surface area contributed by atoms with Crippen molar-refractivity contribution in [2.75, 3.05) is 11.1 Å². The Kier molecular flexibility index (Phi) is 5.17. The minimum Gasteiger partial charge on any atom is -0.484 e. The summed E-state index contributed by atoms with van der Waals surface area (Å²) in [7, 11) is 0. The van der Waals surface area contributed by atoms with Gasteiger partial charge in [0.2, 0.25) is 5.91 Å². The van der Waals surface area contributed by atoms with E-state index < -0.39 is 0 Å². The Morgan fingerprint density at radius 3 is 3.13 bits per heavy atom. The third-order valence-electron chi connectivity index (χ3n) is 3.51. The number of hydrogen-bond acceptors (Lipinski definition) is 6. The lowest BCUT2D eigenvalue weighted by atomic mass is 10.0. The van der Waals surface area contributed by atoms with Crippen LogP contribution in [0.2, 0.25) is 0 Å². The van der Waals surface area contributed by atoms with Crippen molar-refractivity contribution in [3.8, 4) is 5.75 Å². The number of benzene rings is 1. The summed E-state index contributed by atoms with van der Waals surface area (Å²) in [6.45, 7) is 2.39. The molecule has 2 heterocycles. The third-order valence-corrected chi connectivity index (χ3v) is 4.41. The van der Waals surface area contributed by atoms with Crippen LogP contribution in [0.25, 0.3) is 0 Å². The molecule has 0 spiro atoms. The summed E-state index contributed by atoms with van der Waals surface area (Å²) >= 11 is 1.57. The number of carbonyl (C=O) groups is 1. The van der Waals surface area contributed by atoms with Crippen molar-refractivity contribution in [1.29, 1.82) is 0 Å². The Morgan fingerprint density at radius 2 is 2.26 bits per heavy atom. The van der Waals surface area contributed by atoms with Crippen LogP contribution in [0, 0.1) is 0 Å². The van der Waals surface area contributed by atoms with Crippen LogP contribution >= 0.6 is 11.8 Å². The number of hydrogen-bond donors (Lipinski definition) is 1.